The number of piperidine rings is 1. The molecule has 2 atom stereocenters. The fourth-order valence-corrected chi connectivity index (χ4v) is 2.29. The first-order valence-electron chi connectivity index (χ1n) is 6.55. The molecule has 1 aromatic rings. The number of amides is 1. The van der Waals surface area contributed by atoms with Crippen molar-refractivity contribution in [3.8, 4) is 0 Å². The van der Waals surface area contributed by atoms with Crippen molar-refractivity contribution >= 4 is 5.91 Å². The molecule has 1 aromatic heterocycles. The molecule has 0 aromatic carbocycles. The second-order valence-electron chi connectivity index (χ2n) is 5.41. The second-order valence-corrected chi connectivity index (χ2v) is 5.41. The van der Waals surface area contributed by atoms with E-state index < -0.39 is 11.7 Å². The normalized spacial score (nSPS) is 27.6. The zero-order valence-electron chi connectivity index (χ0n) is 11.4. The fourth-order valence-electron chi connectivity index (χ4n) is 2.29. The molecule has 1 fully saturated rings. The molecule has 0 radical (unpaired) electrons. The van der Waals surface area contributed by atoms with E-state index in [1.54, 1.807) is 22.7 Å². The lowest BCUT2D eigenvalue weighted by molar-refractivity contribution is -0.146. The van der Waals surface area contributed by atoms with Crippen LogP contribution in [0.4, 0.5) is 0 Å². The minimum Gasteiger partial charge on any atom is -0.388 e. The first-order valence-corrected chi connectivity index (χ1v) is 6.55. The maximum atomic E-state index is 12.1. The number of carbonyl (C=O) groups excluding carboxylic acids is 1. The molecule has 0 saturated carbocycles. The number of nitrogens with zero attached hydrogens (tertiary/aromatic N) is 3. The Labute approximate surface area is 112 Å². The van der Waals surface area contributed by atoms with Crippen LogP contribution in [-0.4, -0.2) is 55.6 Å². The van der Waals surface area contributed by atoms with Crippen molar-refractivity contribution in [2.75, 3.05) is 13.1 Å². The van der Waals surface area contributed by atoms with Crippen molar-refractivity contribution in [1.82, 2.24) is 14.7 Å². The van der Waals surface area contributed by atoms with Crippen LogP contribution in [0, 0.1) is 0 Å². The molecule has 0 bridgehead atoms. The molecule has 0 unspecified atom stereocenters. The summed E-state index contributed by atoms with van der Waals surface area (Å²) in [5.41, 5.74) is -0.0726. The van der Waals surface area contributed by atoms with E-state index in [2.05, 4.69) is 5.10 Å². The van der Waals surface area contributed by atoms with Crippen molar-refractivity contribution in [1.29, 1.82) is 0 Å². The first-order chi connectivity index (χ1) is 8.90. The number of likely N-dealkylation sites (tertiary alicyclic amines) is 1. The summed E-state index contributed by atoms with van der Waals surface area (Å²) in [6.07, 6.45) is 2.28. The van der Waals surface area contributed by atoms with Crippen LogP contribution in [0.2, 0.25) is 0 Å². The summed E-state index contributed by atoms with van der Waals surface area (Å²) in [6, 6.07) is 1.89. The Balaban J connectivity index is 1.86. The van der Waals surface area contributed by atoms with Gasteiger partial charge in [0.2, 0.25) is 5.91 Å². The van der Waals surface area contributed by atoms with Gasteiger partial charge in [-0.25, -0.2) is 0 Å². The quantitative estimate of drug-likeness (QED) is 0.788. The van der Waals surface area contributed by atoms with E-state index in [-0.39, 0.29) is 12.5 Å². The monoisotopic (exact) mass is 267 g/mol. The van der Waals surface area contributed by atoms with Crippen molar-refractivity contribution in [2.24, 2.45) is 7.05 Å². The number of aryl methyl sites for hydroxylation is 2. The van der Waals surface area contributed by atoms with Gasteiger partial charge in [-0.2, -0.15) is 5.10 Å². The van der Waals surface area contributed by atoms with Gasteiger partial charge in [-0.05, 0) is 25.8 Å². The van der Waals surface area contributed by atoms with Crippen LogP contribution in [0.15, 0.2) is 12.3 Å². The molecule has 0 spiro atoms. The highest BCUT2D eigenvalue weighted by atomic mass is 16.3. The molecule has 0 aliphatic carbocycles. The van der Waals surface area contributed by atoms with Crippen LogP contribution >= 0.6 is 0 Å². The van der Waals surface area contributed by atoms with E-state index in [0.717, 1.165) is 5.69 Å². The Hall–Kier alpha value is -1.40. The third-order valence-corrected chi connectivity index (χ3v) is 3.87. The number of hydrogen-bond donors (Lipinski definition) is 2. The Kier molecular flexibility index (Phi) is 3.91. The SMILES string of the molecule is Cn1nccc1CCC(=O)N1CC[C@](C)(O)[C@H](O)C1. The van der Waals surface area contributed by atoms with Crippen molar-refractivity contribution < 1.29 is 15.0 Å². The van der Waals surface area contributed by atoms with Gasteiger partial charge in [0.05, 0.1) is 11.7 Å². The Morgan fingerprint density at radius 3 is 2.95 bits per heavy atom. The van der Waals surface area contributed by atoms with Crippen LogP contribution in [0.5, 0.6) is 0 Å². The lowest BCUT2D eigenvalue weighted by atomic mass is 9.90. The molecule has 19 heavy (non-hydrogen) atoms. The fraction of sp³-hybridized carbons (Fsp3) is 0.692. The summed E-state index contributed by atoms with van der Waals surface area (Å²) in [7, 11) is 1.85. The third-order valence-electron chi connectivity index (χ3n) is 3.87. The molecule has 1 amide bonds. The molecule has 2 heterocycles. The number of aliphatic hydroxyl groups is 2. The number of hydrogen-bond acceptors (Lipinski definition) is 4. The highest BCUT2D eigenvalue weighted by Crippen LogP contribution is 2.22. The van der Waals surface area contributed by atoms with Gasteiger partial charge in [0, 0.05) is 38.4 Å². The number of carbonyl (C=O) groups is 1. The predicted octanol–water partition coefficient (Wildman–Crippen LogP) is -0.303. The molecule has 6 heteroatoms. The smallest absolute Gasteiger partial charge is 0.223 e. The summed E-state index contributed by atoms with van der Waals surface area (Å²) in [4.78, 5) is 13.7. The first kappa shape index (κ1) is 14.0. The van der Waals surface area contributed by atoms with Crippen LogP contribution in [-0.2, 0) is 18.3 Å². The highest BCUT2D eigenvalue weighted by molar-refractivity contribution is 5.76. The van der Waals surface area contributed by atoms with Gasteiger partial charge in [0.15, 0.2) is 0 Å². The number of rotatable bonds is 3. The van der Waals surface area contributed by atoms with Gasteiger partial charge in [-0.3, -0.25) is 9.48 Å². The molecular formula is C13H21N3O3. The van der Waals surface area contributed by atoms with Gasteiger partial charge in [0.1, 0.15) is 0 Å². The van der Waals surface area contributed by atoms with Crippen LogP contribution in [0.3, 0.4) is 0 Å². The van der Waals surface area contributed by atoms with Crippen molar-refractivity contribution in [3.63, 3.8) is 0 Å². The summed E-state index contributed by atoms with van der Waals surface area (Å²) < 4.78 is 1.75. The summed E-state index contributed by atoms with van der Waals surface area (Å²) >= 11 is 0. The average molecular weight is 267 g/mol. The lowest BCUT2D eigenvalue weighted by Gasteiger charge is -2.40. The minimum absolute atomic E-state index is 0.00995. The highest BCUT2D eigenvalue weighted by Gasteiger charge is 2.37. The molecule has 1 aliphatic heterocycles. The van der Waals surface area contributed by atoms with E-state index in [9.17, 15) is 15.0 Å². The molecule has 2 N–H and O–H groups in total. The van der Waals surface area contributed by atoms with Crippen LogP contribution in [0.1, 0.15) is 25.5 Å². The van der Waals surface area contributed by atoms with E-state index in [1.807, 2.05) is 13.1 Å². The van der Waals surface area contributed by atoms with E-state index >= 15 is 0 Å². The van der Waals surface area contributed by atoms with Gasteiger partial charge in [-0.15, -0.1) is 0 Å². The molecule has 2 rings (SSSR count). The lowest BCUT2D eigenvalue weighted by Crippen LogP contribution is -2.55. The van der Waals surface area contributed by atoms with Crippen molar-refractivity contribution in [3.05, 3.63) is 18.0 Å². The average Bonchev–Trinajstić information content (AvgIpc) is 2.75. The Bertz CT molecular complexity index is 456. The van der Waals surface area contributed by atoms with Crippen molar-refractivity contribution in [2.45, 2.75) is 37.9 Å². The van der Waals surface area contributed by atoms with Gasteiger partial charge in [0.25, 0.3) is 0 Å². The second kappa shape index (κ2) is 5.30. The molecule has 1 saturated heterocycles. The maximum absolute atomic E-state index is 12.1. The molecular weight excluding hydrogens is 246 g/mol. The largest absolute Gasteiger partial charge is 0.388 e. The van der Waals surface area contributed by atoms with E-state index in [0.29, 0.717) is 25.8 Å². The third kappa shape index (κ3) is 3.13. The van der Waals surface area contributed by atoms with Gasteiger partial charge >= 0.3 is 0 Å². The topological polar surface area (TPSA) is 78.6 Å². The summed E-state index contributed by atoms with van der Waals surface area (Å²) in [6.45, 7) is 2.31. The summed E-state index contributed by atoms with van der Waals surface area (Å²) in [5, 5.41) is 23.7. The Morgan fingerprint density at radius 2 is 2.37 bits per heavy atom. The van der Waals surface area contributed by atoms with E-state index in [4.69, 9.17) is 0 Å². The zero-order valence-corrected chi connectivity index (χ0v) is 11.4. The maximum Gasteiger partial charge on any atom is 0.223 e. The summed E-state index contributed by atoms with van der Waals surface area (Å²) in [5.74, 6) is 0.00995. The minimum atomic E-state index is -1.08. The van der Waals surface area contributed by atoms with Crippen LogP contribution in [0.25, 0.3) is 0 Å². The molecule has 6 nitrogen and oxygen atoms in total. The predicted molar refractivity (Wildman–Crippen MR) is 69.4 cm³/mol. The standard InChI is InChI=1S/C13H21N3O3/c1-13(19)6-8-16(9-11(13)17)12(18)4-3-10-5-7-14-15(10)2/h5,7,11,17,19H,3-4,6,8-9H2,1-2H3/t11-,13+/m1/s1. The zero-order chi connectivity index (χ0) is 14.0. The Morgan fingerprint density at radius 1 is 1.63 bits per heavy atom. The number of β-amino-alcohol motifs (C(OH)–C–C–N with tert-alkyl or cyclic N) is 1. The van der Waals surface area contributed by atoms with E-state index in [1.165, 1.54) is 0 Å². The molecule has 1 aliphatic rings. The molecule has 106 valence electrons. The van der Waals surface area contributed by atoms with Crippen LogP contribution < -0.4 is 0 Å². The number of aliphatic hydroxyl groups excluding tert-OH is 1. The number of aromatic nitrogens is 2. The van der Waals surface area contributed by atoms with Gasteiger partial charge < -0.3 is 15.1 Å². The van der Waals surface area contributed by atoms with Gasteiger partial charge in [-0.1, -0.05) is 0 Å².